The van der Waals surface area contributed by atoms with Gasteiger partial charge < -0.3 is 10.0 Å². The second kappa shape index (κ2) is 8.30. The predicted molar refractivity (Wildman–Crippen MR) is 107 cm³/mol. The van der Waals surface area contributed by atoms with Gasteiger partial charge in [-0.25, -0.2) is 4.79 Å². The van der Waals surface area contributed by atoms with Gasteiger partial charge in [-0.1, -0.05) is 54.6 Å². The van der Waals surface area contributed by atoms with Gasteiger partial charge >= 0.3 is 6.09 Å². The quantitative estimate of drug-likeness (QED) is 0.675. The SMILES string of the molecule is C1CC1.CN1Cc2c(Cl)cc(Cl)cc2C(c2cccc(NC(=O)O)c2)C1. The number of nitrogens with zero attached hydrogens (tertiary/aromatic N) is 1. The molecule has 6 heteroatoms. The van der Waals surface area contributed by atoms with Crippen LogP contribution in [0, 0.1) is 0 Å². The van der Waals surface area contributed by atoms with Crippen molar-refractivity contribution in [3.63, 3.8) is 0 Å². The number of nitrogens with one attached hydrogen (secondary N) is 1. The zero-order chi connectivity index (χ0) is 18.7. The molecule has 1 unspecified atom stereocenters. The van der Waals surface area contributed by atoms with Crippen LogP contribution in [0.5, 0.6) is 0 Å². The van der Waals surface area contributed by atoms with Crippen LogP contribution in [0.25, 0.3) is 0 Å². The van der Waals surface area contributed by atoms with Crippen LogP contribution in [0.4, 0.5) is 10.5 Å². The number of fused-ring (bicyclic) bond motifs is 1. The molecule has 1 fully saturated rings. The highest BCUT2D eigenvalue weighted by atomic mass is 35.5. The van der Waals surface area contributed by atoms with Crippen molar-refractivity contribution >= 4 is 35.0 Å². The normalized spacial score (nSPS) is 18.3. The van der Waals surface area contributed by atoms with Crippen LogP contribution in [0.3, 0.4) is 0 Å². The van der Waals surface area contributed by atoms with E-state index in [0.29, 0.717) is 15.7 Å². The number of likely N-dealkylation sites (N-methyl/N-ethyl adjacent to an activating group) is 1. The molecule has 1 aliphatic carbocycles. The molecule has 26 heavy (non-hydrogen) atoms. The van der Waals surface area contributed by atoms with Gasteiger partial charge in [0.2, 0.25) is 0 Å². The van der Waals surface area contributed by atoms with E-state index in [4.69, 9.17) is 28.3 Å². The fourth-order valence-electron chi connectivity index (χ4n) is 3.09. The smallest absolute Gasteiger partial charge is 0.409 e. The maximum atomic E-state index is 10.8. The molecule has 1 saturated carbocycles. The van der Waals surface area contributed by atoms with E-state index < -0.39 is 6.09 Å². The van der Waals surface area contributed by atoms with E-state index in [1.807, 2.05) is 31.3 Å². The van der Waals surface area contributed by atoms with Crippen LogP contribution in [0.15, 0.2) is 36.4 Å². The van der Waals surface area contributed by atoms with Crippen molar-refractivity contribution in [1.29, 1.82) is 0 Å². The first-order valence-electron chi connectivity index (χ1n) is 8.70. The molecule has 0 bridgehead atoms. The molecule has 1 amide bonds. The summed E-state index contributed by atoms with van der Waals surface area (Å²) in [7, 11) is 2.04. The number of hydrogen-bond acceptors (Lipinski definition) is 2. The Balaban J connectivity index is 0.000000592. The maximum absolute atomic E-state index is 10.8. The van der Waals surface area contributed by atoms with Crippen molar-refractivity contribution < 1.29 is 9.90 Å². The number of hydrogen-bond donors (Lipinski definition) is 2. The van der Waals surface area contributed by atoms with Crippen LogP contribution >= 0.6 is 23.2 Å². The van der Waals surface area contributed by atoms with Crippen LogP contribution in [-0.4, -0.2) is 29.7 Å². The summed E-state index contributed by atoms with van der Waals surface area (Å²) >= 11 is 12.5. The van der Waals surface area contributed by atoms with Crippen molar-refractivity contribution in [3.8, 4) is 0 Å². The molecule has 2 aromatic carbocycles. The first-order chi connectivity index (χ1) is 12.4. The lowest BCUT2D eigenvalue weighted by Gasteiger charge is -2.33. The molecule has 4 rings (SSSR count). The lowest BCUT2D eigenvalue weighted by atomic mass is 9.84. The van der Waals surface area contributed by atoms with Crippen LogP contribution in [0.1, 0.15) is 41.9 Å². The van der Waals surface area contributed by atoms with Gasteiger partial charge in [0, 0.05) is 34.7 Å². The van der Waals surface area contributed by atoms with Gasteiger partial charge in [0.1, 0.15) is 0 Å². The van der Waals surface area contributed by atoms with E-state index in [0.717, 1.165) is 29.8 Å². The van der Waals surface area contributed by atoms with Crippen LogP contribution in [0.2, 0.25) is 10.0 Å². The first-order valence-corrected chi connectivity index (χ1v) is 9.46. The Bertz CT molecular complexity index is 806. The van der Waals surface area contributed by atoms with E-state index in [-0.39, 0.29) is 5.92 Å². The number of halogens is 2. The molecule has 138 valence electrons. The molecule has 0 radical (unpaired) electrons. The second-order valence-electron chi connectivity index (χ2n) is 6.82. The third-order valence-corrected chi connectivity index (χ3v) is 4.94. The summed E-state index contributed by atoms with van der Waals surface area (Å²) in [4.78, 5) is 13.0. The molecule has 2 N–H and O–H groups in total. The third-order valence-electron chi connectivity index (χ3n) is 4.39. The summed E-state index contributed by atoms with van der Waals surface area (Å²) in [5, 5.41) is 12.6. The number of carboxylic acid groups (broad SMARTS) is 1. The fourth-order valence-corrected chi connectivity index (χ4v) is 3.66. The summed E-state index contributed by atoms with van der Waals surface area (Å²) < 4.78 is 0. The van der Waals surface area contributed by atoms with Crippen molar-refractivity contribution in [2.45, 2.75) is 31.7 Å². The van der Waals surface area contributed by atoms with Gasteiger partial charge in [-0.2, -0.15) is 0 Å². The van der Waals surface area contributed by atoms with Crippen molar-refractivity contribution in [3.05, 3.63) is 63.1 Å². The first kappa shape index (κ1) is 19.0. The van der Waals surface area contributed by atoms with Gasteiger partial charge in [0.25, 0.3) is 0 Å². The minimum absolute atomic E-state index is 0.0931. The number of anilines is 1. The number of amides is 1. The van der Waals surface area contributed by atoms with Gasteiger partial charge in [-0.3, -0.25) is 5.32 Å². The summed E-state index contributed by atoms with van der Waals surface area (Å²) in [5.74, 6) is 0.0931. The fraction of sp³-hybridized carbons (Fsp3) is 0.350. The van der Waals surface area contributed by atoms with Gasteiger partial charge in [0.05, 0.1) is 0 Å². The van der Waals surface area contributed by atoms with Crippen LogP contribution in [-0.2, 0) is 6.54 Å². The standard InChI is InChI=1S/C17H16Cl2N2O2.C3H6/c1-21-8-14(10-3-2-4-12(5-10)20-17(22)23)13-6-11(18)7-16(19)15(13)9-21;1-2-3-1/h2-7,14,20H,8-9H2,1H3,(H,22,23);1-3H2. The maximum Gasteiger partial charge on any atom is 0.409 e. The lowest BCUT2D eigenvalue weighted by Crippen LogP contribution is -2.31. The lowest BCUT2D eigenvalue weighted by molar-refractivity contribution is 0.209. The molecule has 0 saturated heterocycles. The Morgan fingerprint density at radius 1 is 1.19 bits per heavy atom. The predicted octanol–water partition coefficient (Wildman–Crippen LogP) is 5.83. The van der Waals surface area contributed by atoms with Crippen molar-refractivity contribution in [2.24, 2.45) is 0 Å². The molecular weight excluding hydrogens is 371 g/mol. The third kappa shape index (κ3) is 4.91. The van der Waals surface area contributed by atoms with Crippen LogP contribution < -0.4 is 5.32 Å². The monoisotopic (exact) mass is 392 g/mol. The van der Waals surface area contributed by atoms with E-state index in [9.17, 15) is 4.79 Å². The number of benzene rings is 2. The second-order valence-corrected chi connectivity index (χ2v) is 7.66. The number of carbonyl (C=O) groups is 1. The Morgan fingerprint density at radius 2 is 1.92 bits per heavy atom. The Morgan fingerprint density at radius 3 is 2.58 bits per heavy atom. The molecule has 1 heterocycles. The summed E-state index contributed by atoms with van der Waals surface area (Å²) in [6.45, 7) is 1.59. The molecular formula is C20H22Cl2N2O2. The minimum atomic E-state index is -1.07. The minimum Gasteiger partial charge on any atom is -0.465 e. The molecule has 1 atom stereocenters. The van der Waals surface area contributed by atoms with Crippen molar-refractivity contribution in [2.75, 3.05) is 18.9 Å². The molecule has 4 nitrogen and oxygen atoms in total. The summed E-state index contributed by atoms with van der Waals surface area (Å²) in [6, 6.07) is 11.2. The summed E-state index contributed by atoms with van der Waals surface area (Å²) in [6.07, 6.45) is 3.43. The van der Waals surface area contributed by atoms with Crippen molar-refractivity contribution in [1.82, 2.24) is 4.90 Å². The molecule has 2 aliphatic rings. The average molecular weight is 393 g/mol. The van der Waals surface area contributed by atoms with E-state index in [1.54, 1.807) is 12.1 Å². The zero-order valence-electron chi connectivity index (χ0n) is 14.6. The highest BCUT2D eigenvalue weighted by Crippen LogP contribution is 2.38. The molecule has 0 aromatic heterocycles. The highest BCUT2D eigenvalue weighted by Gasteiger charge is 2.27. The average Bonchev–Trinajstić information content (AvgIpc) is 3.43. The Labute approximate surface area is 163 Å². The van der Waals surface area contributed by atoms with E-state index in [1.165, 1.54) is 19.3 Å². The topological polar surface area (TPSA) is 52.6 Å². The molecule has 2 aromatic rings. The van der Waals surface area contributed by atoms with Gasteiger partial charge in [-0.05, 0) is 48.0 Å². The van der Waals surface area contributed by atoms with Gasteiger partial charge in [-0.15, -0.1) is 0 Å². The Hall–Kier alpha value is -1.75. The molecule has 0 spiro atoms. The van der Waals surface area contributed by atoms with E-state index in [2.05, 4.69) is 10.2 Å². The largest absolute Gasteiger partial charge is 0.465 e. The van der Waals surface area contributed by atoms with Gasteiger partial charge in [0.15, 0.2) is 0 Å². The highest BCUT2D eigenvalue weighted by molar-refractivity contribution is 6.35. The Kier molecular flexibility index (Phi) is 6.07. The molecule has 1 aliphatic heterocycles. The van der Waals surface area contributed by atoms with E-state index >= 15 is 0 Å². The zero-order valence-corrected chi connectivity index (χ0v) is 16.1. The summed E-state index contributed by atoms with van der Waals surface area (Å²) in [5.41, 5.74) is 3.76. The number of rotatable bonds is 2.